The molecule has 0 aliphatic carbocycles. The molecule has 0 bridgehead atoms. The first-order valence-corrected chi connectivity index (χ1v) is 10.3. The molecule has 0 atom stereocenters. The molecule has 0 saturated carbocycles. The number of hydrogen-bond donors (Lipinski definition) is 0. The topological polar surface area (TPSA) is 0 Å². The Kier molecular flexibility index (Phi) is 4.48. The summed E-state index contributed by atoms with van der Waals surface area (Å²) in [4.78, 5) is 2.03. The zero-order valence-electron chi connectivity index (χ0n) is 12.2. The smallest absolute Gasteiger partial charge is 0.0933 e. The molecule has 0 nitrogen and oxygen atoms in total. The van der Waals surface area contributed by atoms with Crippen molar-refractivity contribution in [3.8, 4) is 23.7 Å². The highest BCUT2D eigenvalue weighted by Crippen LogP contribution is 2.35. The number of thiophene rings is 2. The third kappa shape index (κ3) is 2.92. The maximum Gasteiger partial charge on any atom is 0.0933 e. The van der Waals surface area contributed by atoms with Crippen molar-refractivity contribution in [1.82, 2.24) is 0 Å². The highest BCUT2D eigenvalue weighted by Gasteiger charge is 2.07. The number of benzene rings is 2. The number of halogens is 2. The van der Waals surface area contributed by atoms with Crippen molar-refractivity contribution in [3.05, 3.63) is 67.2 Å². The van der Waals surface area contributed by atoms with Gasteiger partial charge in [-0.15, -0.1) is 22.7 Å². The summed E-state index contributed by atoms with van der Waals surface area (Å²) < 4.78 is 4.57. The molecule has 4 aromatic rings. The van der Waals surface area contributed by atoms with Gasteiger partial charge in [-0.2, -0.15) is 0 Å². The SMILES string of the molecule is Brc1c(C#CC#Cc2sc3ccccc3c2Br)sc2ccccc12. The molecular formula is C20H8Br2S2. The minimum atomic E-state index is 1.01. The second-order valence-corrected chi connectivity index (χ2v) is 8.67. The molecule has 0 amide bonds. The first kappa shape index (κ1) is 15.9. The van der Waals surface area contributed by atoms with Gasteiger partial charge >= 0.3 is 0 Å². The number of hydrogen-bond acceptors (Lipinski definition) is 2. The lowest BCUT2D eigenvalue weighted by Gasteiger charge is -1.86. The normalized spacial score (nSPS) is 10.2. The zero-order valence-corrected chi connectivity index (χ0v) is 17.0. The molecule has 2 heterocycles. The Morgan fingerprint density at radius 2 is 1.04 bits per heavy atom. The molecule has 0 fully saturated rings. The van der Waals surface area contributed by atoms with Crippen molar-refractivity contribution in [2.45, 2.75) is 0 Å². The molecule has 114 valence electrons. The van der Waals surface area contributed by atoms with Gasteiger partial charge in [-0.05, 0) is 67.7 Å². The largest absolute Gasteiger partial charge is 0.125 e. The number of rotatable bonds is 0. The van der Waals surface area contributed by atoms with Crippen molar-refractivity contribution in [1.29, 1.82) is 0 Å². The average Bonchev–Trinajstić information content (AvgIpc) is 3.10. The highest BCUT2D eigenvalue weighted by molar-refractivity contribution is 9.11. The third-order valence-corrected chi connectivity index (χ3v) is 7.83. The molecule has 0 saturated heterocycles. The summed E-state index contributed by atoms with van der Waals surface area (Å²) in [5.74, 6) is 12.3. The van der Waals surface area contributed by atoms with Gasteiger partial charge in [0, 0.05) is 20.2 Å². The maximum absolute atomic E-state index is 3.64. The summed E-state index contributed by atoms with van der Waals surface area (Å²) in [7, 11) is 0. The summed E-state index contributed by atoms with van der Waals surface area (Å²) in [5.41, 5.74) is 0. The Morgan fingerprint density at radius 1 is 0.625 bits per heavy atom. The lowest BCUT2D eigenvalue weighted by atomic mass is 10.2. The summed E-state index contributed by atoms with van der Waals surface area (Å²) in [6, 6.07) is 16.6. The molecule has 0 unspecified atom stereocenters. The van der Waals surface area contributed by atoms with Crippen LogP contribution in [0.4, 0.5) is 0 Å². The van der Waals surface area contributed by atoms with E-state index in [4.69, 9.17) is 0 Å². The van der Waals surface area contributed by atoms with E-state index in [1.54, 1.807) is 22.7 Å². The van der Waals surface area contributed by atoms with Crippen molar-refractivity contribution >= 4 is 74.7 Å². The van der Waals surface area contributed by atoms with Crippen LogP contribution in [-0.2, 0) is 0 Å². The Balaban J connectivity index is 1.68. The van der Waals surface area contributed by atoms with Gasteiger partial charge in [0.1, 0.15) is 0 Å². The van der Waals surface area contributed by atoms with Crippen LogP contribution in [0.25, 0.3) is 20.2 Å². The van der Waals surface area contributed by atoms with Crippen molar-refractivity contribution in [2.75, 3.05) is 0 Å². The lowest BCUT2D eigenvalue weighted by Crippen LogP contribution is -1.67. The number of fused-ring (bicyclic) bond motifs is 2. The standard InChI is InChI=1S/C20H8Br2S2/c21-19-13-7-1-3-9-15(13)23-17(19)11-5-6-12-18-20(22)14-8-2-4-10-16(14)24-18/h1-4,7-10H. The van der Waals surface area contributed by atoms with Crippen LogP contribution >= 0.6 is 54.5 Å². The molecule has 0 N–H and O–H groups in total. The summed E-state index contributed by atoms with van der Waals surface area (Å²) >= 11 is 10.6. The fraction of sp³-hybridized carbons (Fsp3) is 0. The Hall–Kier alpha value is -1.56. The van der Waals surface area contributed by atoms with Crippen LogP contribution in [0, 0.1) is 23.7 Å². The first-order valence-electron chi connectivity index (χ1n) is 7.10. The van der Waals surface area contributed by atoms with E-state index in [1.165, 1.54) is 20.2 Å². The Bertz CT molecular complexity index is 1090. The predicted octanol–water partition coefficient (Wildman–Crippen LogP) is 7.04. The van der Waals surface area contributed by atoms with Crippen LogP contribution in [0.2, 0.25) is 0 Å². The summed E-state index contributed by atoms with van der Waals surface area (Å²) in [6.07, 6.45) is 0. The van der Waals surface area contributed by atoms with Gasteiger partial charge in [0.25, 0.3) is 0 Å². The minimum absolute atomic E-state index is 1.01. The van der Waals surface area contributed by atoms with Gasteiger partial charge < -0.3 is 0 Å². The van der Waals surface area contributed by atoms with Gasteiger partial charge in [0.05, 0.1) is 18.7 Å². The minimum Gasteiger partial charge on any atom is -0.125 e. The lowest BCUT2D eigenvalue weighted by molar-refractivity contribution is 1.81. The predicted molar refractivity (Wildman–Crippen MR) is 113 cm³/mol. The van der Waals surface area contributed by atoms with Crippen LogP contribution < -0.4 is 0 Å². The van der Waals surface area contributed by atoms with Gasteiger partial charge in [-0.25, -0.2) is 0 Å². The Labute approximate surface area is 164 Å². The van der Waals surface area contributed by atoms with E-state index in [-0.39, 0.29) is 0 Å². The molecule has 24 heavy (non-hydrogen) atoms. The van der Waals surface area contributed by atoms with Gasteiger partial charge in [0.2, 0.25) is 0 Å². The molecule has 0 aliphatic rings. The molecular weight excluding hydrogens is 464 g/mol. The monoisotopic (exact) mass is 470 g/mol. The van der Waals surface area contributed by atoms with Crippen molar-refractivity contribution in [2.24, 2.45) is 0 Å². The fourth-order valence-corrected chi connectivity index (χ4v) is 5.90. The molecule has 0 radical (unpaired) electrons. The molecule has 4 heteroatoms. The van der Waals surface area contributed by atoms with Crippen LogP contribution in [0.15, 0.2) is 57.5 Å². The fourth-order valence-electron chi connectivity index (χ4n) is 2.36. The first-order chi connectivity index (χ1) is 11.7. The van der Waals surface area contributed by atoms with Crippen LogP contribution in [0.1, 0.15) is 9.75 Å². The molecule has 4 rings (SSSR count). The van der Waals surface area contributed by atoms with Gasteiger partial charge in [-0.3, -0.25) is 0 Å². The van der Waals surface area contributed by atoms with Gasteiger partial charge in [0.15, 0.2) is 0 Å². The zero-order chi connectivity index (χ0) is 16.5. The molecule has 2 aromatic carbocycles. The van der Waals surface area contributed by atoms with Crippen molar-refractivity contribution in [3.63, 3.8) is 0 Å². The molecule has 0 spiro atoms. The quantitative estimate of drug-likeness (QED) is 0.241. The van der Waals surface area contributed by atoms with E-state index in [0.717, 1.165) is 18.7 Å². The summed E-state index contributed by atoms with van der Waals surface area (Å²) in [6.45, 7) is 0. The maximum atomic E-state index is 3.64. The molecule has 2 aromatic heterocycles. The molecule has 0 aliphatic heterocycles. The van der Waals surface area contributed by atoms with E-state index in [1.807, 2.05) is 24.3 Å². The van der Waals surface area contributed by atoms with Crippen LogP contribution in [0.5, 0.6) is 0 Å². The van der Waals surface area contributed by atoms with Crippen LogP contribution in [0.3, 0.4) is 0 Å². The van der Waals surface area contributed by atoms with E-state index in [9.17, 15) is 0 Å². The van der Waals surface area contributed by atoms with Crippen molar-refractivity contribution < 1.29 is 0 Å². The third-order valence-electron chi connectivity index (χ3n) is 3.48. The van der Waals surface area contributed by atoms with E-state index < -0.39 is 0 Å². The second kappa shape index (κ2) is 6.75. The van der Waals surface area contributed by atoms with E-state index in [2.05, 4.69) is 79.8 Å². The van der Waals surface area contributed by atoms with Crippen LogP contribution in [-0.4, -0.2) is 0 Å². The highest BCUT2D eigenvalue weighted by atomic mass is 79.9. The average molecular weight is 472 g/mol. The van der Waals surface area contributed by atoms with Gasteiger partial charge in [-0.1, -0.05) is 36.4 Å². The summed E-state index contributed by atoms with van der Waals surface area (Å²) in [5, 5.41) is 2.40. The Morgan fingerprint density at radius 3 is 1.46 bits per heavy atom. The van der Waals surface area contributed by atoms with E-state index >= 15 is 0 Å². The second-order valence-electron chi connectivity index (χ2n) is 4.98. The van der Waals surface area contributed by atoms with E-state index in [0.29, 0.717) is 0 Å².